The van der Waals surface area contributed by atoms with Gasteiger partial charge < -0.3 is 0 Å². The third-order valence-electron chi connectivity index (χ3n) is 3.37. The molecule has 2 aromatic carbocycles. The number of unbranched alkanes of at least 4 members (excludes halogenated alkanes) is 2. The molecule has 0 aliphatic carbocycles. The van der Waals surface area contributed by atoms with Crippen LogP contribution in [-0.4, -0.2) is 18.2 Å². The van der Waals surface area contributed by atoms with Gasteiger partial charge in [-0.15, -0.1) is 0 Å². The lowest BCUT2D eigenvalue weighted by Crippen LogP contribution is -2.13. The molecule has 0 amide bonds. The minimum atomic E-state index is -0.179. The van der Waals surface area contributed by atoms with Crippen molar-refractivity contribution in [2.75, 3.05) is 18.2 Å². The van der Waals surface area contributed by atoms with E-state index in [2.05, 4.69) is 66.9 Å². The molecule has 106 valence electrons. The molecule has 0 nitrogen and oxygen atoms in total. The first kappa shape index (κ1) is 15.6. The van der Waals surface area contributed by atoms with Gasteiger partial charge in [0.1, 0.15) is 0 Å². The highest BCUT2D eigenvalue weighted by Crippen LogP contribution is 2.34. The monoisotopic (exact) mass is 302 g/mol. The second kappa shape index (κ2) is 9.21. The van der Waals surface area contributed by atoms with Crippen LogP contribution in [-0.2, 0) is 0 Å². The Balaban J connectivity index is 2.02. The Morgan fingerprint density at radius 1 is 0.750 bits per heavy atom. The Hall–Kier alpha value is -0.780. The zero-order valence-corrected chi connectivity index (χ0v) is 13.9. The van der Waals surface area contributed by atoms with Gasteiger partial charge in [0.15, 0.2) is 0 Å². The zero-order chi connectivity index (χ0) is 14.0. The fourth-order valence-electron chi connectivity index (χ4n) is 2.32. The van der Waals surface area contributed by atoms with E-state index in [4.69, 9.17) is 0 Å². The van der Waals surface area contributed by atoms with Crippen LogP contribution in [0.1, 0.15) is 19.3 Å². The average molecular weight is 302 g/mol. The lowest BCUT2D eigenvalue weighted by atomic mass is 10.3. The van der Waals surface area contributed by atoms with Crippen LogP contribution in [0.4, 0.5) is 0 Å². The van der Waals surface area contributed by atoms with Gasteiger partial charge in [-0.2, -0.15) is 11.8 Å². The van der Waals surface area contributed by atoms with Crippen LogP contribution >= 0.6 is 19.7 Å². The lowest BCUT2D eigenvalue weighted by Gasteiger charge is -2.18. The highest BCUT2D eigenvalue weighted by molar-refractivity contribution is 7.98. The Morgan fingerprint density at radius 2 is 1.30 bits per heavy atom. The zero-order valence-electron chi connectivity index (χ0n) is 12.2. The molecule has 2 heteroatoms. The molecule has 0 aliphatic rings. The van der Waals surface area contributed by atoms with E-state index in [1.54, 1.807) is 0 Å². The molecule has 0 saturated carbocycles. The summed E-state index contributed by atoms with van der Waals surface area (Å²) in [6.07, 6.45) is 7.57. The van der Waals surface area contributed by atoms with Crippen molar-refractivity contribution in [2.45, 2.75) is 19.3 Å². The van der Waals surface area contributed by atoms with Gasteiger partial charge in [-0.25, -0.2) is 0 Å². The van der Waals surface area contributed by atoms with E-state index < -0.39 is 0 Å². The van der Waals surface area contributed by atoms with Crippen LogP contribution < -0.4 is 10.6 Å². The van der Waals surface area contributed by atoms with Gasteiger partial charge in [0.05, 0.1) is 0 Å². The van der Waals surface area contributed by atoms with Crippen molar-refractivity contribution in [3.05, 3.63) is 60.7 Å². The van der Waals surface area contributed by atoms with Crippen molar-refractivity contribution in [1.29, 1.82) is 0 Å². The molecule has 0 heterocycles. The summed E-state index contributed by atoms with van der Waals surface area (Å²) in [6.45, 7) is 0. The second-order valence-electron chi connectivity index (χ2n) is 4.88. The molecule has 20 heavy (non-hydrogen) atoms. The van der Waals surface area contributed by atoms with E-state index in [0.717, 1.165) is 0 Å². The average Bonchev–Trinajstić information content (AvgIpc) is 2.53. The minimum Gasteiger partial charge on any atom is -0.165 e. The Kier molecular flexibility index (Phi) is 7.19. The summed E-state index contributed by atoms with van der Waals surface area (Å²) in [5.74, 6) is 1.30. The van der Waals surface area contributed by atoms with Gasteiger partial charge in [0.2, 0.25) is 0 Å². The van der Waals surface area contributed by atoms with Crippen LogP contribution in [0.2, 0.25) is 0 Å². The van der Waals surface area contributed by atoms with Crippen molar-refractivity contribution >= 4 is 30.3 Å². The molecule has 2 aromatic rings. The largest absolute Gasteiger partial charge is 0.165 e. The first-order valence-corrected chi connectivity index (χ1v) is 10.2. The quantitative estimate of drug-likeness (QED) is 0.505. The summed E-state index contributed by atoms with van der Waals surface area (Å²) >= 11 is 1.96. The van der Waals surface area contributed by atoms with Crippen LogP contribution in [0, 0.1) is 0 Å². The predicted molar refractivity (Wildman–Crippen MR) is 96.2 cm³/mol. The number of hydrogen-bond donors (Lipinski definition) is 0. The summed E-state index contributed by atoms with van der Waals surface area (Å²) in [4.78, 5) is 0. The maximum Gasteiger partial charge on any atom is -0.00703 e. The topological polar surface area (TPSA) is 0 Å². The molecule has 0 bridgehead atoms. The maximum atomic E-state index is 2.29. The third-order valence-corrected chi connectivity index (χ3v) is 6.67. The highest BCUT2D eigenvalue weighted by atomic mass is 32.2. The van der Waals surface area contributed by atoms with Gasteiger partial charge in [-0.05, 0) is 49.5 Å². The second-order valence-corrected chi connectivity index (χ2v) is 8.20. The van der Waals surface area contributed by atoms with Crippen molar-refractivity contribution < 1.29 is 0 Å². The van der Waals surface area contributed by atoms with Crippen LogP contribution in [0.5, 0.6) is 0 Å². The van der Waals surface area contributed by atoms with Gasteiger partial charge in [-0.1, -0.05) is 67.1 Å². The maximum absolute atomic E-state index is 2.29. The summed E-state index contributed by atoms with van der Waals surface area (Å²) < 4.78 is 0. The van der Waals surface area contributed by atoms with Crippen molar-refractivity contribution in [3.63, 3.8) is 0 Å². The van der Waals surface area contributed by atoms with E-state index >= 15 is 0 Å². The molecule has 0 unspecified atom stereocenters. The Labute approximate surface area is 128 Å². The molecular formula is C18H23PS. The SMILES string of the molecule is CSCCCCCP(c1ccccc1)c1ccccc1. The number of hydrogen-bond acceptors (Lipinski definition) is 1. The molecule has 0 aliphatic heterocycles. The molecular weight excluding hydrogens is 279 g/mol. The van der Waals surface area contributed by atoms with Crippen molar-refractivity contribution in [2.24, 2.45) is 0 Å². The van der Waals surface area contributed by atoms with Crippen molar-refractivity contribution in [1.82, 2.24) is 0 Å². The van der Waals surface area contributed by atoms with E-state index in [0.29, 0.717) is 0 Å². The molecule has 0 radical (unpaired) electrons. The molecule has 0 spiro atoms. The number of rotatable bonds is 8. The molecule has 0 atom stereocenters. The Bertz CT molecular complexity index is 430. The van der Waals surface area contributed by atoms with Crippen LogP contribution in [0.25, 0.3) is 0 Å². The molecule has 2 rings (SSSR count). The number of benzene rings is 2. The predicted octanol–water partition coefficient (Wildman–Crippen LogP) is 4.65. The molecule has 0 fully saturated rings. The molecule has 0 N–H and O–H groups in total. The normalized spacial score (nSPS) is 10.9. The van der Waals surface area contributed by atoms with Gasteiger partial charge in [-0.3, -0.25) is 0 Å². The molecule has 0 saturated heterocycles. The minimum absolute atomic E-state index is 0.179. The Morgan fingerprint density at radius 3 is 1.80 bits per heavy atom. The standard InChI is InChI=1S/C18H23PS/c1-20-16-10-4-9-15-19(17-11-5-2-6-12-17)18-13-7-3-8-14-18/h2-3,5-8,11-14H,4,9-10,15-16H2,1H3. The summed E-state index contributed by atoms with van der Waals surface area (Å²) in [6, 6.07) is 22.1. The van der Waals surface area contributed by atoms with E-state index in [-0.39, 0.29) is 7.92 Å². The summed E-state index contributed by atoms with van der Waals surface area (Å²) in [7, 11) is -0.179. The smallest absolute Gasteiger partial charge is 0.00703 e. The fourth-order valence-corrected chi connectivity index (χ4v) is 5.23. The lowest BCUT2D eigenvalue weighted by molar-refractivity contribution is 0.784. The van der Waals surface area contributed by atoms with Crippen LogP contribution in [0.15, 0.2) is 60.7 Å². The van der Waals surface area contributed by atoms with E-state index in [9.17, 15) is 0 Å². The first-order chi connectivity index (χ1) is 9.92. The fraction of sp³-hybridized carbons (Fsp3) is 0.333. The van der Waals surface area contributed by atoms with Gasteiger partial charge >= 0.3 is 0 Å². The number of thioether (sulfide) groups is 1. The van der Waals surface area contributed by atoms with E-state index in [1.807, 2.05) is 11.8 Å². The first-order valence-electron chi connectivity index (χ1n) is 7.28. The highest BCUT2D eigenvalue weighted by Gasteiger charge is 2.12. The van der Waals surface area contributed by atoms with E-state index in [1.165, 1.54) is 41.8 Å². The molecule has 0 aromatic heterocycles. The van der Waals surface area contributed by atoms with Gasteiger partial charge in [0.25, 0.3) is 0 Å². The third kappa shape index (κ3) is 4.96. The van der Waals surface area contributed by atoms with Crippen LogP contribution in [0.3, 0.4) is 0 Å². The van der Waals surface area contributed by atoms with Crippen molar-refractivity contribution in [3.8, 4) is 0 Å². The summed E-state index contributed by atoms with van der Waals surface area (Å²) in [5, 5.41) is 3.03. The summed E-state index contributed by atoms with van der Waals surface area (Å²) in [5.41, 5.74) is 0. The van der Waals surface area contributed by atoms with Gasteiger partial charge in [0, 0.05) is 0 Å².